The number of para-hydroxylation sites is 4. The summed E-state index contributed by atoms with van der Waals surface area (Å²) in [5, 5.41) is 4.63. The summed E-state index contributed by atoms with van der Waals surface area (Å²) < 4.78 is 4.38. The Kier molecular flexibility index (Phi) is 6.04. The monoisotopic (exact) mass is 725 g/mol. The lowest BCUT2D eigenvalue weighted by Gasteiger charge is -2.30. The molecular formula is C52H31N5. The molecule has 2 aliphatic rings. The molecule has 0 unspecified atom stereocenters. The van der Waals surface area contributed by atoms with Gasteiger partial charge >= 0.3 is 0 Å². The molecule has 2 aliphatic carbocycles. The normalized spacial score (nSPS) is 13.4. The van der Waals surface area contributed by atoms with Gasteiger partial charge in [0.2, 0.25) is 11.9 Å². The van der Waals surface area contributed by atoms with Gasteiger partial charge in [0.1, 0.15) is 0 Å². The Morgan fingerprint density at radius 3 is 1.11 bits per heavy atom. The molecule has 264 valence electrons. The minimum absolute atomic E-state index is 0.418. The second kappa shape index (κ2) is 11.2. The highest BCUT2D eigenvalue weighted by Crippen LogP contribution is 2.62. The van der Waals surface area contributed by atoms with Gasteiger partial charge in [0.15, 0.2) is 5.82 Å². The number of nitrogens with zero attached hydrogens (tertiary/aromatic N) is 5. The van der Waals surface area contributed by atoms with Gasteiger partial charge in [0.25, 0.3) is 0 Å². The topological polar surface area (TPSA) is 48.5 Å². The number of benzene rings is 8. The zero-order valence-electron chi connectivity index (χ0n) is 30.6. The van der Waals surface area contributed by atoms with E-state index < -0.39 is 5.41 Å². The van der Waals surface area contributed by atoms with E-state index in [2.05, 4.69) is 197 Å². The summed E-state index contributed by atoms with van der Waals surface area (Å²) in [7, 11) is 0. The Hall–Kier alpha value is -7.63. The molecule has 57 heavy (non-hydrogen) atoms. The largest absolute Gasteiger partial charge is 0.278 e. The molecule has 0 N–H and O–H groups in total. The van der Waals surface area contributed by atoms with Crippen LogP contribution in [-0.2, 0) is 5.41 Å². The van der Waals surface area contributed by atoms with Gasteiger partial charge in [-0.15, -0.1) is 0 Å². The lowest BCUT2D eigenvalue weighted by atomic mass is 9.70. The summed E-state index contributed by atoms with van der Waals surface area (Å²) in [6, 6.07) is 67.7. The number of hydrogen-bond acceptors (Lipinski definition) is 3. The molecule has 3 aromatic heterocycles. The highest BCUT2D eigenvalue weighted by Gasteiger charge is 2.51. The maximum Gasteiger partial charge on any atom is 0.240 e. The molecule has 3 heterocycles. The van der Waals surface area contributed by atoms with E-state index in [1.54, 1.807) is 0 Å². The molecule has 8 aromatic carbocycles. The first-order chi connectivity index (χ1) is 28.3. The van der Waals surface area contributed by atoms with E-state index in [0.717, 1.165) is 49.2 Å². The zero-order valence-corrected chi connectivity index (χ0v) is 30.6. The van der Waals surface area contributed by atoms with Crippen molar-refractivity contribution < 1.29 is 0 Å². The van der Waals surface area contributed by atoms with Crippen LogP contribution in [0.5, 0.6) is 0 Å². The van der Waals surface area contributed by atoms with Crippen molar-refractivity contribution in [2.24, 2.45) is 0 Å². The lowest BCUT2D eigenvalue weighted by molar-refractivity contribution is 0.794. The van der Waals surface area contributed by atoms with Crippen LogP contribution in [0.15, 0.2) is 188 Å². The molecule has 13 rings (SSSR count). The Bertz CT molecular complexity index is 3210. The highest BCUT2D eigenvalue weighted by atomic mass is 15.3. The first-order valence-corrected chi connectivity index (χ1v) is 19.5. The van der Waals surface area contributed by atoms with Crippen LogP contribution in [0.25, 0.3) is 89.2 Å². The molecule has 0 amide bonds. The van der Waals surface area contributed by atoms with Gasteiger partial charge in [-0.1, -0.05) is 158 Å². The quantitative estimate of drug-likeness (QED) is 0.182. The standard InChI is InChI=1S/C52H31N5/c1-8-22-41-33(15-1)34-16-2-9-23-42(34)52(41)43-24-10-3-17-35(43)40-31-32(29-30-44(40)52)49-53-50(56-45-25-11-4-18-36(45)37-19-5-12-26-46(37)56)55-51(54-49)57-47-27-13-6-20-38(47)39-21-7-14-28-48(39)57/h1-31H. The van der Waals surface area contributed by atoms with Gasteiger partial charge in [-0.2, -0.15) is 15.0 Å². The number of hydrogen-bond donors (Lipinski definition) is 0. The van der Waals surface area contributed by atoms with E-state index in [0.29, 0.717) is 17.7 Å². The fourth-order valence-corrected chi connectivity index (χ4v) is 10.2. The smallest absolute Gasteiger partial charge is 0.240 e. The summed E-state index contributed by atoms with van der Waals surface area (Å²) in [6.45, 7) is 0. The van der Waals surface area contributed by atoms with Crippen LogP contribution < -0.4 is 0 Å². The Labute approximate surface area is 327 Å². The molecule has 1 spiro atoms. The van der Waals surface area contributed by atoms with Crippen molar-refractivity contribution in [3.05, 3.63) is 210 Å². The fourth-order valence-electron chi connectivity index (χ4n) is 10.2. The van der Waals surface area contributed by atoms with Crippen LogP contribution in [0.2, 0.25) is 0 Å². The molecule has 0 saturated carbocycles. The van der Waals surface area contributed by atoms with Crippen molar-refractivity contribution in [3.63, 3.8) is 0 Å². The van der Waals surface area contributed by atoms with Crippen molar-refractivity contribution >= 4 is 43.6 Å². The fraction of sp³-hybridized carbons (Fsp3) is 0.0192. The van der Waals surface area contributed by atoms with Crippen LogP contribution in [0, 0.1) is 0 Å². The Balaban J connectivity index is 1.11. The van der Waals surface area contributed by atoms with Crippen molar-refractivity contribution in [1.82, 2.24) is 24.1 Å². The number of rotatable bonds is 3. The summed E-state index contributed by atoms with van der Waals surface area (Å²) in [6.07, 6.45) is 0. The van der Waals surface area contributed by atoms with Crippen LogP contribution >= 0.6 is 0 Å². The molecule has 0 aliphatic heterocycles. The first-order valence-electron chi connectivity index (χ1n) is 19.5. The molecule has 0 atom stereocenters. The zero-order chi connectivity index (χ0) is 37.2. The Morgan fingerprint density at radius 1 is 0.316 bits per heavy atom. The van der Waals surface area contributed by atoms with Crippen molar-refractivity contribution in [1.29, 1.82) is 0 Å². The van der Waals surface area contributed by atoms with Crippen LogP contribution in [0.3, 0.4) is 0 Å². The van der Waals surface area contributed by atoms with E-state index in [1.165, 1.54) is 44.5 Å². The van der Waals surface area contributed by atoms with E-state index in [9.17, 15) is 0 Å². The van der Waals surface area contributed by atoms with Crippen molar-refractivity contribution in [3.8, 4) is 45.5 Å². The van der Waals surface area contributed by atoms with Crippen LogP contribution in [0.4, 0.5) is 0 Å². The second-order valence-corrected chi connectivity index (χ2v) is 15.1. The molecule has 5 nitrogen and oxygen atoms in total. The maximum atomic E-state index is 5.39. The molecule has 0 radical (unpaired) electrons. The summed E-state index contributed by atoms with van der Waals surface area (Å²) in [5.74, 6) is 1.77. The van der Waals surface area contributed by atoms with Gasteiger partial charge in [0.05, 0.1) is 27.5 Å². The third-order valence-electron chi connectivity index (χ3n) is 12.4. The van der Waals surface area contributed by atoms with Gasteiger partial charge < -0.3 is 0 Å². The van der Waals surface area contributed by atoms with E-state index in [1.807, 2.05) is 0 Å². The Morgan fingerprint density at radius 2 is 0.667 bits per heavy atom. The summed E-state index contributed by atoms with van der Waals surface area (Å²) >= 11 is 0. The first kappa shape index (κ1) is 30.7. The minimum atomic E-state index is -0.418. The van der Waals surface area contributed by atoms with E-state index in [4.69, 9.17) is 15.0 Å². The van der Waals surface area contributed by atoms with E-state index in [-0.39, 0.29) is 0 Å². The second-order valence-electron chi connectivity index (χ2n) is 15.1. The summed E-state index contributed by atoms with van der Waals surface area (Å²) in [5.41, 5.74) is 15.0. The predicted octanol–water partition coefficient (Wildman–Crippen LogP) is 12.1. The molecule has 11 aromatic rings. The average molecular weight is 726 g/mol. The van der Waals surface area contributed by atoms with Crippen molar-refractivity contribution in [2.75, 3.05) is 0 Å². The average Bonchev–Trinajstić information content (AvgIpc) is 3.98. The predicted molar refractivity (Wildman–Crippen MR) is 230 cm³/mol. The van der Waals surface area contributed by atoms with E-state index >= 15 is 0 Å². The summed E-state index contributed by atoms with van der Waals surface area (Å²) in [4.78, 5) is 16.1. The maximum absolute atomic E-state index is 5.39. The van der Waals surface area contributed by atoms with Gasteiger partial charge in [-0.25, -0.2) is 0 Å². The minimum Gasteiger partial charge on any atom is -0.278 e. The highest BCUT2D eigenvalue weighted by molar-refractivity contribution is 6.10. The van der Waals surface area contributed by atoms with Gasteiger partial charge in [0, 0.05) is 27.1 Å². The molecule has 0 fully saturated rings. The van der Waals surface area contributed by atoms with Crippen LogP contribution in [0.1, 0.15) is 22.3 Å². The SMILES string of the molecule is c1ccc2c(c1)-c1ccccc1C21c2ccccc2-c2cc(-c3nc(-n4c5ccccc5c5ccccc54)nc(-n4c5ccccc5c5ccccc54)n3)ccc21. The van der Waals surface area contributed by atoms with Gasteiger partial charge in [-0.05, 0) is 74.8 Å². The van der Waals surface area contributed by atoms with Crippen LogP contribution in [-0.4, -0.2) is 24.1 Å². The molecule has 0 bridgehead atoms. The third-order valence-corrected chi connectivity index (χ3v) is 12.4. The number of fused-ring (bicyclic) bond motifs is 16. The third kappa shape index (κ3) is 3.94. The van der Waals surface area contributed by atoms with Gasteiger partial charge in [-0.3, -0.25) is 9.13 Å². The van der Waals surface area contributed by atoms with Crippen molar-refractivity contribution in [2.45, 2.75) is 5.41 Å². The molecular weight excluding hydrogens is 695 g/mol. The molecule has 0 saturated heterocycles. The number of aromatic nitrogens is 5. The lowest BCUT2D eigenvalue weighted by Crippen LogP contribution is -2.25. The molecule has 5 heteroatoms.